The molecule has 7 heteroatoms. The second-order valence-electron chi connectivity index (χ2n) is 6.66. The number of piperidine rings is 1. The molecule has 0 amide bonds. The van der Waals surface area contributed by atoms with Crippen LogP contribution in [0.4, 0.5) is 0 Å². The van der Waals surface area contributed by atoms with Gasteiger partial charge in [-0.1, -0.05) is 0 Å². The molecule has 2 atom stereocenters. The maximum atomic E-state index is 12.3. The van der Waals surface area contributed by atoms with E-state index in [2.05, 4.69) is 4.90 Å². The van der Waals surface area contributed by atoms with Gasteiger partial charge < -0.3 is 4.42 Å². The number of fused-ring (bicyclic) bond motifs is 1. The summed E-state index contributed by atoms with van der Waals surface area (Å²) < 4.78 is 33.1. The fraction of sp³-hybridized carbons (Fsp3) is 0.733. The van der Waals surface area contributed by atoms with Crippen molar-refractivity contribution in [1.29, 1.82) is 0 Å². The van der Waals surface area contributed by atoms with Gasteiger partial charge in [-0.25, -0.2) is 0 Å². The number of rotatable bonds is 4. The zero-order valence-electron chi connectivity index (χ0n) is 13.5. The molecule has 2 aliphatic rings. The second-order valence-corrected chi connectivity index (χ2v) is 8.81. The Morgan fingerprint density at radius 3 is 2.59 bits per heavy atom. The Bertz CT molecular complexity index is 626. The van der Waals surface area contributed by atoms with Crippen LogP contribution in [0.15, 0.2) is 16.5 Å². The fourth-order valence-corrected chi connectivity index (χ4v) is 4.77. The molecule has 0 unspecified atom stereocenters. The smallest absolute Gasteiger partial charge is 0.281 e. The first kappa shape index (κ1) is 16.0. The van der Waals surface area contributed by atoms with E-state index in [9.17, 15) is 8.42 Å². The molecule has 124 valence electrons. The van der Waals surface area contributed by atoms with Gasteiger partial charge in [-0.3, -0.25) is 4.90 Å². The summed E-state index contributed by atoms with van der Waals surface area (Å²) in [4.78, 5) is 2.39. The van der Waals surface area contributed by atoms with Crippen LogP contribution in [0.3, 0.4) is 0 Å². The van der Waals surface area contributed by atoms with Gasteiger partial charge in [0.15, 0.2) is 0 Å². The first-order valence-electron chi connectivity index (χ1n) is 7.81. The molecule has 6 nitrogen and oxygen atoms in total. The minimum Gasteiger partial charge on any atom is -0.465 e. The topological polar surface area (TPSA) is 57.0 Å². The number of likely N-dealkylation sites (tertiary alicyclic amines) is 1. The molecule has 1 aromatic rings. The van der Waals surface area contributed by atoms with E-state index in [1.807, 2.05) is 19.1 Å². The van der Waals surface area contributed by atoms with Crippen molar-refractivity contribution in [2.75, 3.05) is 40.3 Å². The highest BCUT2D eigenvalue weighted by atomic mass is 32.2. The van der Waals surface area contributed by atoms with E-state index in [1.54, 1.807) is 18.4 Å². The van der Waals surface area contributed by atoms with Gasteiger partial charge in [-0.15, -0.1) is 0 Å². The lowest BCUT2D eigenvalue weighted by Crippen LogP contribution is -2.47. The predicted molar refractivity (Wildman–Crippen MR) is 84.5 cm³/mol. The molecule has 3 heterocycles. The van der Waals surface area contributed by atoms with Gasteiger partial charge in [-0.2, -0.15) is 17.0 Å². The monoisotopic (exact) mass is 327 g/mol. The van der Waals surface area contributed by atoms with E-state index in [0.717, 1.165) is 37.6 Å². The fourth-order valence-electron chi connectivity index (χ4n) is 3.59. The largest absolute Gasteiger partial charge is 0.465 e. The van der Waals surface area contributed by atoms with Crippen LogP contribution in [0.5, 0.6) is 0 Å². The number of nitrogens with zero attached hydrogens (tertiary/aromatic N) is 3. The molecule has 0 aromatic carbocycles. The highest BCUT2D eigenvalue weighted by Crippen LogP contribution is 2.33. The highest BCUT2D eigenvalue weighted by molar-refractivity contribution is 7.86. The molecule has 0 spiro atoms. The van der Waals surface area contributed by atoms with Crippen molar-refractivity contribution in [1.82, 2.24) is 13.5 Å². The number of hydrogen-bond donors (Lipinski definition) is 0. The van der Waals surface area contributed by atoms with Crippen LogP contribution >= 0.6 is 0 Å². The minimum absolute atomic E-state index is 0.430. The number of hydrogen-bond acceptors (Lipinski definition) is 4. The Hall–Kier alpha value is -0.890. The number of aryl methyl sites for hydroxylation is 1. The molecule has 2 fully saturated rings. The van der Waals surface area contributed by atoms with Gasteiger partial charge in [-0.05, 0) is 37.3 Å². The van der Waals surface area contributed by atoms with Crippen molar-refractivity contribution in [2.24, 2.45) is 11.8 Å². The maximum Gasteiger partial charge on any atom is 0.281 e. The van der Waals surface area contributed by atoms with Crippen molar-refractivity contribution >= 4 is 10.2 Å². The van der Waals surface area contributed by atoms with E-state index in [-0.39, 0.29) is 0 Å². The van der Waals surface area contributed by atoms with Gasteiger partial charge in [0.1, 0.15) is 11.5 Å². The first-order chi connectivity index (χ1) is 10.4. The molecule has 0 saturated carbocycles. The summed E-state index contributed by atoms with van der Waals surface area (Å²) >= 11 is 0. The van der Waals surface area contributed by atoms with E-state index in [4.69, 9.17) is 4.42 Å². The van der Waals surface area contributed by atoms with Crippen LogP contribution in [-0.4, -0.2) is 62.2 Å². The lowest BCUT2D eigenvalue weighted by Gasteiger charge is -2.34. The highest BCUT2D eigenvalue weighted by Gasteiger charge is 2.40. The van der Waals surface area contributed by atoms with Gasteiger partial charge in [0.2, 0.25) is 0 Å². The maximum absolute atomic E-state index is 12.3. The molecule has 1 aromatic heterocycles. The lowest BCUT2D eigenvalue weighted by atomic mass is 9.90. The third kappa shape index (κ3) is 3.08. The summed E-state index contributed by atoms with van der Waals surface area (Å²) in [6.45, 7) is 6.04. The van der Waals surface area contributed by atoms with Crippen LogP contribution in [0.2, 0.25) is 0 Å². The minimum atomic E-state index is -3.28. The van der Waals surface area contributed by atoms with Crippen LogP contribution in [0.1, 0.15) is 17.9 Å². The van der Waals surface area contributed by atoms with Crippen molar-refractivity contribution in [2.45, 2.75) is 19.9 Å². The molecule has 0 bridgehead atoms. The van der Waals surface area contributed by atoms with Crippen molar-refractivity contribution in [3.63, 3.8) is 0 Å². The van der Waals surface area contributed by atoms with Crippen molar-refractivity contribution in [3.8, 4) is 0 Å². The van der Waals surface area contributed by atoms with Crippen LogP contribution in [0, 0.1) is 18.8 Å². The second kappa shape index (κ2) is 5.96. The third-order valence-corrected chi connectivity index (χ3v) is 6.71. The Morgan fingerprint density at radius 2 is 1.95 bits per heavy atom. The third-order valence-electron chi connectivity index (χ3n) is 4.80. The van der Waals surface area contributed by atoms with E-state index < -0.39 is 10.2 Å². The molecule has 0 N–H and O–H groups in total. The standard InChI is InChI=1S/C15H25N3O3S/c1-12-4-5-15(21-12)11-17-8-13-6-7-18(10-14(13)9-17)22(19,20)16(2)3/h4-5,13-14H,6-11H2,1-3H3/t13-,14-/m1/s1. The summed E-state index contributed by atoms with van der Waals surface area (Å²) in [5, 5.41) is 0. The van der Waals surface area contributed by atoms with Crippen LogP contribution < -0.4 is 0 Å². The van der Waals surface area contributed by atoms with Crippen LogP contribution in [-0.2, 0) is 16.8 Å². The van der Waals surface area contributed by atoms with E-state index in [1.165, 1.54) is 4.31 Å². The van der Waals surface area contributed by atoms with Crippen LogP contribution in [0.25, 0.3) is 0 Å². The molecular formula is C15H25N3O3S. The quantitative estimate of drug-likeness (QED) is 0.832. The van der Waals surface area contributed by atoms with Gasteiger partial charge in [0.05, 0.1) is 6.54 Å². The molecule has 0 aliphatic carbocycles. The average molecular weight is 327 g/mol. The zero-order valence-corrected chi connectivity index (χ0v) is 14.3. The van der Waals surface area contributed by atoms with Gasteiger partial charge in [0, 0.05) is 40.3 Å². The summed E-state index contributed by atoms with van der Waals surface area (Å²) in [6, 6.07) is 4.02. The average Bonchev–Trinajstić information content (AvgIpc) is 3.03. The van der Waals surface area contributed by atoms with Gasteiger partial charge in [0.25, 0.3) is 10.2 Å². The Labute approximate surface area is 132 Å². The normalized spacial score (nSPS) is 27.5. The van der Waals surface area contributed by atoms with E-state index in [0.29, 0.717) is 24.9 Å². The molecule has 22 heavy (non-hydrogen) atoms. The lowest BCUT2D eigenvalue weighted by molar-refractivity contribution is 0.219. The first-order valence-corrected chi connectivity index (χ1v) is 9.21. The van der Waals surface area contributed by atoms with Gasteiger partial charge >= 0.3 is 0 Å². The van der Waals surface area contributed by atoms with Crippen molar-refractivity contribution < 1.29 is 12.8 Å². The summed E-state index contributed by atoms with van der Waals surface area (Å²) in [7, 11) is -0.0844. The Morgan fingerprint density at radius 1 is 1.23 bits per heavy atom. The molecule has 3 rings (SSSR count). The summed E-state index contributed by atoms with van der Waals surface area (Å²) in [6.07, 6.45) is 0.950. The molecule has 2 aliphatic heterocycles. The predicted octanol–water partition coefficient (Wildman–Crippen LogP) is 1.15. The Kier molecular flexibility index (Phi) is 4.33. The number of furan rings is 1. The zero-order chi connectivity index (χ0) is 15.9. The SMILES string of the molecule is Cc1ccc(CN2C[C@H]3CCN(S(=O)(=O)N(C)C)C[C@H]3C2)o1. The summed E-state index contributed by atoms with van der Waals surface area (Å²) in [5.41, 5.74) is 0. The Balaban J connectivity index is 1.62. The van der Waals surface area contributed by atoms with E-state index >= 15 is 0 Å². The molecule has 0 radical (unpaired) electrons. The van der Waals surface area contributed by atoms with Crippen molar-refractivity contribution in [3.05, 3.63) is 23.7 Å². The molecular weight excluding hydrogens is 302 g/mol. The summed E-state index contributed by atoms with van der Waals surface area (Å²) in [5.74, 6) is 2.97. The molecule has 2 saturated heterocycles.